The van der Waals surface area contributed by atoms with Crippen LogP contribution in [0.3, 0.4) is 0 Å². The fourth-order valence-corrected chi connectivity index (χ4v) is 2.99. The molecule has 1 heterocycles. The Hall–Kier alpha value is -2.52. The van der Waals surface area contributed by atoms with E-state index in [0.717, 1.165) is 9.46 Å². The molecule has 2 aromatic rings. The van der Waals surface area contributed by atoms with Crippen molar-refractivity contribution in [2.24, 2.45) is 7.05 Å². The van der Waals surface area contributed by atoms with Crippen molar-refractivity contribution >= 4 is 40.9 Å². The lowest BCUT2D eigenvalue weighted by Crippen LogP contribution is -2.36. The predicted molar refractivity (Wildman–Crippen MR) is 98.8 cm³/mol. The van der Waals surface area contributed by atoms with Crippen molar-refractivity contribution in [1.82, 2.24) is 9.55 Å². The van der Waals surface area contributed by atoms with Crippen LogP contribution in [0, 0.1) is 0 Å². The van der Waals surface area contributed by atoms with Crippen LogP contribution in [0.2, 0.25) is 5.02 Å². The van der Waals surface area contributed by atoms with Crippen LogP contribution in [0.15, 0.2) is 38.8 Å². The van der Waals surface area contributed by atoms with Gasteiger partial charge >= 0.3 is 11.7 Å². The van der Waals surface area contributed by atoms with Gasteiger partial charge in [-0.1, -0.05) is 11.6 Å². The van der Waals surface area contributed by atoms with Crippen LogP contribution in [-0.2, 0) is 16.6 Å². The Morgan fingerprint density at radius 1 is 1.31 bits per heavy atom. The van der Waals surface area contributed by atoms with E-state index in [9.17, 15) is 19.2 Å². The number of nitrogens with two attached hydrogens (primary N) is 1. The van der Waals surface area contributed by atoms with Gasteiger partial charge in [-0.3, -0.25) is 23.9 Å². The van der Waals surface area contributed by atoms with Gasteiger partial charge in [0.05, 0.1) is 0 Å². The molecule has 0 aliphatic heterocycles. The van der Waals surface area contributed by atoms with Crippen LogP contribution in [0.25, 0.3) is 0 Å². The largest absolute Gasteiger partial charge is 0.456 e. The van der Waals surface area contributed by atoms with E-state index >= 15 is 0 Å². The van der Waals surface area contributed by atoms with Crippen LogP contribution >= 0.6 is 23.4 Å². The van der Waals surface area contributed by atoms with E-state index in [0.29, 0.717) is 5.02 Å². The number of carbonyl (C=O) groups is 2. The van der Waals surface area contributed by atoms with E-state index in [1.807, 2.05) is 4.98 Å². The number of esters is 1. The monoisotopic (exact) mass is 397 g/mol. The zero-order chi connectivity index (χ0) is 19.4. The number of Topliss-reactive ketones (excluding diaryl/α,β-unsaturated/α-hetero) is 1. The highest BCUT2D eigenvalue weighted by Gasteiger charge is 2.22. The Kier molecular flexibility index (Phi) is 6.27. The average molecular weight is 398 g/mol. The molecule has 0 aliphatic rings. The predicted octanol–water partition coefficient (Wildman–Crippen LogP) is 1.22. The zero-order valence-corrected chi connectivity index (χ0v) is 15.5. The highest BCUT2D eigenvalue weighted by atomic mass is 35.5. The van der Waals surface area contributed by atoms with Crippen molar-refractivity contribution in [3.8, 4) is 0 Å². The number of halogens is 1. The molecule has 0 spiro atoms. The lowest BCUT2D eigenvalue weighted by atomic mass is 10.2. The minimum atomic E-state index is -0.921. The molecule has 0 unspecified atom stereocenters. The summed E-state index contributed by atoms with van der Waals surface area (Å²) in [6, 6.07) is 6.90. The molecular formula is C16H16ClN3O5S. The van der Waals surface area contributed by atoms with Crippen molar-refractivity contribution < 1.29 is 14.3 Å². The molecule has 26 heavy (non-hydrogen) atoms. The third-order valence-corrected chi connectivity index (χ3v) is 4.79. The Labute approximate surface area is 157 Å². The number of aromatic amines is 1. The molecule has 0 fully saturated rings. The highest BCUT2D eigenvalue weighted by Crippen LogP contribution is 2.25. The summed E-state index contributed by atoms with van der Waals surface area (Å²) >= 11 is 7.04. The second-order valence-electron chi connectivity index (χ2n) is 5.32. The number of ketones is 1. The third kappa shape index (κ3) is 4.55. The van der Waals surface area contributed by atoms with Gasteiger partial charge in [-0.05, 0) is 31.2 Å². The van der Waals surface area contributed by atoms with Gasteiger partial charge in [-0.2, -0.15) is 0 Å². The fraction of sp³-hybridized carbons (Fsp3) is 0.250. The fourth-order valence-electron chi connectivity index (χ4n) is 2.00. The lowest BCUT2D eigenvalue weighted by molar-refractivity contribution is -0.141. The lowest BCUT2D eigenvalue weighted by Gasteiger charge is -2.12. The number of nitrogens with zero attached hydrogens (tertiary/aromatic N) is 1. The maximum absolute atomic E-state index is 12.2. The quantitative estimate of drug-likeness (QED) is 0.426. The number of aromatic nitrogens is 2. The summed E-state index contributed by atoms with van der Waals surface area (Å²) in [5.74, 6) is -1.71. The minimum absolute atomic E-state index is 0.289. The molecule has 1 aromatic carbocycles. The Morgan fingerprint density at radius 3 is 2.54 bits per heavy atom. The first-order valence-corrected chi connectivity index (χ1v) is 8.67. The number of anilines is 1. The first-order chi connectivity index (χ1) is 12.2. The van der Waals surface area contributed by atoms with Gasteiger partial charge in [0.15, 0.2) is 6.61 Å². The topological polar surface area (TPSA) is 124 Å². The molecule has 2 rings (SSSR count). The van der Waals surface area contributed by atoms with E-state index in [1.54, 1.807) is 31.2 Å². The second-order valence-corrected chi connectivity index (χ2v) is 7.17. The summed E-state index contributed by atoms with van der Waals surface area (Å²) in [5, 5.41) is -0.00464. The average Bonchev–Trinajstić information content (AvgIpc) is 2.59. The first kappa shape index (κ1) is 19.8. The minimum Gasteiger partial charge on any atom is -0.456 e. The molecule has 0 bridgehead atoms. The molecule has 3 N–H and O–H groups in total. The van der Waals surface area contributed by atoms with Crippen LogP contribution < -0.4 is 17.0 Å². The van der Waals surface area contributed by atoms with E-state index in [-0.39, 0.29) is 5.82 Å². The maximum atomic E-state index is 12.2. The van der Waals surface area contributed by atoms with E-state index < -0.39 is 40.4 Å². The number of thioether (sulfide) groups is 1. The van der Waals surface area contributed by atoms with Crippen LogP contribution in [0.4, 0.5) is 5.82 Å². The number of H-pyrrole nitrogens is 1. The summed E-state index contributed by atoms with van der Waals surface area (Å²) in [4.78, 5) is 50.2. The van der Waals surface area contributed by atoms with Gasteiger partial charge in [0, 0.05) is 17.0 Å². The third-order valence-electron chi connectivity index (χ3n) is 3.45. The molecule has 0 saturated carbocycles. The number of carbonyl (C=O) groups excluding carboxylic acids is 2. The number of nitrogen functional groups attached to an aromatic ring is 1. The highest BCUT2D eigenvalue weighted by molar-refractivity contribution is 8.00. The molecule has 1 atom stereocenters. The summed E-state index contributed by atoms with van der Waals surface area (Å²) in [6.07, 6.45) is 0. The normalized spacial score (nSPS) is 11.8. The number of hydrogen-bond donors (Lipinski definition) is 2. The van der Waals surface area contributed by atoms with E-state index in [4.69, 9.17) is 22.1 Å². The van der Waals surface area contributed by atoms with Crippen molar-refractivity contribution in [3.63, 3.8) is 0 Å². The summed E-state index contributed by atoms with van der Waals surface area (Å²) < 4.78 is 5.89. The molecule has 0 aliphatic carbocycles. The van der Waals surface area contributed by atoms with Gasteiger partial charge in [0.25, 0.3) is 5.56 Å². The summed E-state index contributed by atoms with van der Waals surface area (Å²) in [7, 11) is 1.31. The van der Waals surface area contributed by atoms with Crippen molar-refractivity contribution in [1.29, 1.82) is 0 Å². The molecule has 8 nitrogen and oxygen atoms in total. The van der Waals surface area contributed by atoms with Gasteiger partial charge in [-0.15, -0.1) is 11.8 Å². The van der Waals surface area contributed by atoms with Crippen LogP contribution in [0.5, 0.6) is 0 Å². The Balaban J connectivity index is 2.02. The van der Waals surface area contributed by atoms with Crippen LogP contribution in [-0.4, -0.2) is 33.2 Å². The van der Waals surface area contributed by atoms with Gasteiger partial charge in [0.2, 0.25) is 5.78 Å². The maximum Gasteiger partial charge on any atom is 0.329 e. The van der Waals surface area contributed by atoms with Gasteiger partial charge < -0.3 is 10.5 Å². The Morgan fingerprint density at radius 2 is 1.92 bits per heavy atom. The van der Waals surface area contributed by atoms with Crippen molar-refractivity contribution in [2.75, 3.05) is 12.3 Å². The molecule has 1 aromatic heterocycles. The zero-order valence-electron chi connectivity index (χ0n) is 13.9. The van der Waals surface area contributed by atoms with Gasteiger partial charge in [-0.25, -0.2) is 4.79 Å². The molecule has 10 heteroatoms. The molecule has 0 radical (unpaired) electrons. The number of rotatable bonds is 6. The molecule has 0 amide bonds. The number of ether oxygens (including phenoxy) is 1. The number of benzene rings is 1. The van der Waals surface area contributed by atoms with Crippen LogP contribution in [0.1, 0.15) is 17.3 Å². The first-order valence-electron chi connectivity index (χ1n) is 7.41. The number of nitrogens with one attached hydrogen (secondary N) is 1. The smallest absolute Gasteiger partial charge is 0.329 e. The Bertz CT molecular complexity index is 952. The SMILES string of the molecule is C[C@H](Sc1ccc(Cl)cc1)C(=O)OCC(=O)c1c(N)n(C)c(=O)[nH]c1=O. The van der Waals surface area contributed by atoms with Gasteiger partial charge in [0.1, 0.15) is 16.6 Å². The van der Waals surface area contributed by atoms with Crippen molar-refractivity contribution in [3.05, 3.63) is 55.7 Å². The van der Waals surface area contributed by atoms with Crippen molar-refractivity contribution in [2.45, 2.75) is 17.1 Å². The van der Waals surface area contributed by atoms with E-state index in [2.05, 4.69) is 0 Å². The van der Waals surface area contributed by atoms with E-state index in [1.165, 1.54) is 18.8 Å². The number of hydrogen-bond acceptors (Lipinski definition) is 7. The summed E-state index contributed by atoms with van der Waals surface area (Å²) in [6.45, 7) is 0.968. The molecule has 0 saturated heterocycles. The molecular weight excluding hydrogens is 382 g/mol. The second kappa shape index (κ2) is 8.24. The molecule has 138 valence electrons. The summed E-state index contributed by atoms with van der Waals surface area (Å²) in [5.41, 5.74) is 3.55. The standard InChI is InChI=1S/C16H16ClN3O5S/c1-8(26-10-5-3-9(17)4-6-10)15(23)25-7-11(21)12-13(18)20(2)16(24)19-14(12)22/h3-6,8H,7,18H2,1-2H3,(H,19,22,24)/t8-/m0/s1.